The average Bonchev–Trinajstić information content (AvgIpc) is 3.17. The van der Waals surface area contributed by atoms with Gasteiger partial charge in [-0.05, 0) is 44.2 Å². The fraction of sp³-hybridized carbons (Fsp3) is 0.500. The van der Waals surface area contributed by atoms with Crippen molar-refractivity contribution in [2.24, 2.45) is 0 Å². The van der Waals surface area contributed by atoms with E-state index in [0.717, 1.165) is 44.8 Å². The third-order valence-electron chi connectivity index (χ3n) is 5.55. The Kier molecular flexibility index (Phi) is 7.69. The average molecular weight is 411 g/mol. The first-order valence-corrected chi connectivity index (χ1v) is 10.5. The van der Waals surface area contributed by atoms with Crippen molar-refractivity contribution in [2.75, 3.05) is 63.1 Å². The van der Waals surface area contributed by atoms with E-state index in [1.165, 1.54) is 11.9 Å². The summed E-state index contributed by atoms with van der Waals surface area (Å²) < 4.78 is 0. The monoisotopic (exact) mass is 410 g/mol. The fourth-order valence-corrected chi connectivity index (χ4v) is 3.64. The molecular formula is C22H30N6O2. The highest BCUT2D eigenvalue weighted by molar-refractivity contribution is 5.97. The van der Waals surface area contributed by atoms with Crippen LogP contribution in [0, 0.1) is 11.3 Å². The number of carbonyl (C=O) groups excluding carboxylic acids is 2. The van der Waals surface area contributed by atoms with Crippen molar-refractivity contribution in [1.29, 1.82) is 5.26 Å². The van der Waals surface area contributed by atoms with Crippen LogP contribution in [0.2, 0.25) is 0 Å². The van der Waals surface area contributed by atoms with E-state index >= 15 is 0 Å². The number of nitrogens with zero attached hydrogens (tertiary/aromatic N) is 4. The van der Waals surface area contributed by atoms with Gasteiger partial charge in [0.05, 0.1) is 0 Å². The molecule has 8 heteroatoms. The van der Waals surface area contributed by atoms with Crippen molar-refractivity contribution in [3.05, 3.63) is 36.0 Å². The minimum Gasteiger partial charge on any atom is -0.369 e. The molecule has 0 saturated carbocycles. The zero-order chi connectivity index (χ0) is 21.3. The highest BCUT2D eigenvalue weighted by atomic mass is 16.2. The molecule has 160 valence electrons. The van der Waals surface area contributed by atoms with Crippen LogP contribution in [0.5, 0.6) is 0 Å². The second kappa shape index (κ2) is 10.6. The summed E-state index contributed by atoms with van der Waals surface area (Å²) in [6, 6.07) is 9.93. The number of amides is 2. The van der Waals surface area contributed by atoms with Crippen molar-refractivity contribution in [2.45, 2.75) is 19.3 Å². The molecule has 0 radical (unpaired) electrons. The SMILES string of the molecule is CN1CCN(c2ccc(N/C=C(/C#N)C(=O)NCCCN3CCCC3=O)cc2)CC1. The van der Waals surface area contributed by atoms with Gasteiger partial charge in [0.1, 0.15) is 11.6 Å². The van der Waals surface area contributed by atoms with Crippen LogP contribution in [0.25, 0.3) is 0 Å². The maximum atomic E-state index is 12.2. The lowest BCUT2D eigenvalue weighted by Gasteiger charge is -2.34. The van der Waals surface area contributed by atoms with E-state index in [1.54, 1.807) is 0 Å². The predicted octanol–water partition coefficient (Wildman–Crippen LogP) is 1.39. The third kappa shape index (κ3) is 5.97. The van der Waals surface area contributed by atoms with Crippen molar-refractivity contribution in [3.8, 4) is 6.07 Å². The molecule has 0 aliphatic carbocycles. The number of hydrogen-bond acceptors (Lipinski definition) is 6. The molecule has 2 amide bonds. The van der Waals surface area contributed by atoms with E-state index < -0.39 is 5.91 Å². The molecule has 2 saturated heterocycles. The van der Waals surface area contributed by atoms with E-state index in [-0.39, 0.29) is 11.5 Å². The molecule has 2 heterocycles. The summed E-state index contributed by atoms with van der Waals surface area (Å²) in [6.07, 6.45) is 3.64. The molecule has 3 rings (SSSR count). The third-order valence-corrected chi connectivity index (χ3v) is 5.55. The molecule has 1 aromatic carbocycles. The molecule has 0 bridgehead atoms. The van der Waals surface area contributed by atoms with Gasteiger partial charge in [-0.3, -0.25) is 9.59 Å². The Morgan fingerprint density at radius 2 is 1.90 bits per heavy atom. The van der Waals surface area contributed by atoms with Crippen molar-refractivity contribution < 1.29 is 9.59 Å². The zero-order valence-electron chi connectivity index (χ0n) is 17.6. The number of piperazine rings is 1. The highest BCUT2D eigenvalue weighted by Gasteiger charge is 2.19. The van der Waals surface area contributed by atoms with Gasteiger partial charge in [0.25, 0.3) is 5.91 Å². The Morgan fingerprint density at radius 1 is 1.17 bits per heavy atom. The first kappa shape index (κ1) is 21.7. The molecule has 0 aromatic heterocycles. The van der Waals surface area contributed by atoms with E-state index in [2.05, 4.69) is 27.5 Å². The van der Waals surface area contributed by atoms with Gasteiger partial charge in [-0.1, -0.05) is 0 Å². The van der Waals surface area contributed by atoms with E-state index in [4.69, 9.17) is 0 Å². The Hall–Kier alpha value is -3.05. The van der Waals surface area contributed by atoms with Crippen LogP contribution >= 0.6 is 0 Å². The minimum atomic E-state index is -0.410. The number of likely N-dealkylation sites (N-methyl/N-ethyl adjacent to an activating group) is 1. The highest BCUT2D eigenvalue weighted by Crippen LogP contribution is 2.19. The summed E-state index contributed by atoms with van der Waals surface area (Å²) in [5.74, 6) is -0.228. The molecule has 1 aromatic rings. The lowest BCUT2D eigenvalue weighted by Crippen LogP contribution is -2.44. The second-order valence-corrected chi connectivity index (χ2v) is 7.75. The molecule has 2 aliphatic rings. The van der Waals surface area contributed by atoms with Crippen LogP contribution < -0.4 is 15.5 Å². The molecule has 2 N–H and O–H groups in total. The topological polar surface area (TPSA) is 91.7 Å². The van der Waals surface area contributed by atoms with Gasteiger partial charge in [-0.15, -0.1) is 0 Å². The molecule has 30 heavy (non-hydrogen) atoms. The normalized spacial score (nSPS) is 17.7. The maximum absolute atomic E-state index is 12.2. The lowest BCUT2D eigenvalue weighted by atomic mass is 10.2. The van der Waals surface area contributed by atoms with E-state index in [0.29, 0.717) is 25.9 Å². The fourth-order valence-electron chi connectivity index (χ4n) is 3.64. The Bertz CT molecular complexity index is 806. The summed E-state index contributed by atoms with van der Waals surface area (Å²) in [7, 11) is 2.13. The maximum Gasteiger partial charge on any atom is 0.263 e. The zero-order valence-corrected chi connectivity index (χ0v) is 17.6. The summed E-state index contributed by atoms with van der Waals surface area (Å²) in [5, 5.41) is 15.1. The summed E-state index contributed by atoms with van der Waals surface area (Å²) in [6.45, 7) is 5.99. The summed E-state index contributed by atoms with van der Waals surface area (Å²) in [4.78, 5) is 30.3. The standard InChI is InChI=1S/C22H30N6O2/c1-26-12-14-27(15-13-26)20-7-5-19(6-8-20)25-17-18(16-23)22(30)24-9-3-11-28-10-2-4-21(28)29/h5-8,17,25H,2-4,9-15H2,1H3,(H,24,30)/b18-17-. The van der Waals surface area contributed by atoms with Crippen LogP contribution in [0.4, 0.5) is 11.4 Å². The molecule has 0 spiro atoms. The second-order valence-electron chi connectivity index (χ2n) is 7.75. The number of carbonyl (C=O) groups is 2. The number of likely N-dealkylation sites (tertiary alicyclic amines) is 1. The summed E-state index contributed by atoms with van der Waals surface area (Å²) in [5.41, 5.74) is 2.02. The van der Waals surface area contributed by atoms with Crippen LogP contribution in [-0.4, -0.2) is 74.5 Å². The van der Waals surface area contributed by atoms with Gasteiger partial charge < -0.3 is 25.3 Å². The number of benzene rings is 1. The van der Waals surface area contributed by atoms with Crippen LogP contribution in [0.3, 0.4) is 0 Å². The van der Waals surface area contributed by atoms with Gasteiger partial charge in [0.15, 0.2) is 0 Å². The van der Waals surface area contributed by atoms with Crippen molar-refractivity contribution in [3.63, 3.8) is 0 Å². The van der Waals surface area contributed by atoms with Gasteiger partial charge in [-0.25, -0.2) is 0 Å². The van der Waals surface area contributed by atoms with Crippen molar-refractivity contribution in [1.82, 2.24) is 15.1 Å². The number of hydrogen-bond donors (Lipinski definition) is 2. The number of nitriles is 1. The smallest absolute Gasteiger partial charge is 0.263 e. The Morgan fingerprint density at radius 3 is 2.53 bits per heavy atom. The van der Waals surface area contributed by atoms with Crippen LogP contribution in [0.15, 0.2) is 36.0 Å². The Balaban J connectivity index is 1.44. The number of nitrogens with one attached hydrogen (secondary N) is 2. The number of anilines is 2. The lowest BCUT2D eigenvalue weighted by molar-refractivity contribution is -0.127. The van der Waals surface area contributed by atoms with Crippen LogP contribution in [-0.2, 0) is 9.59 Å². The van der Waals surface area contributed by atoms with Gasteiger partial charge >= 0.3 is 0 Å². The number of rotatable bonds is 8. The van der Waals surface area contributed by atoms with Gasteiger partial charge in [-0.2, -0.15) is 5.26 Å². The van der Waals surface area contributed by atoms with Gasteiger partial charge in [0.2, 0.25) is 5.91 Å². The molecule has 2 fully saturated rings. The van der Waals surface area contributed by atoms with E-state index in [9.17, 15) is 14.9 Å². The summed E-state index contributed by atoms with van der Waals surface area (Å²) >= 11 is 0. The minimum absolute atomic E-state index is 0.0235. The Labute approximate surface area is 178 Å². The first-order chi connectivity index (χ1) is 14.6. The molecular weight excluding hydrogens is 380 g/mol. The quantitative estimate of drug-likeness (QED) is 0.382. The molecule has 0 unspecified atom stereocenters. The first-order valence-electron chi connectivity index (χ1n) is 10.5. The molecule has 0 atom stereocenters. The predicted molar refractivity (Wildman–Crippen MR) is 117 cm³/mol. The van der Waals surface area contributed by atoms with E-state index in [1.807, 2.05) is 35.2 Å². The molecule has 8 nitrogen and oxygen atoms in total. The van der Waals surface area contributed by atoms with Crippen LogP contribution in [0.1, 0.15) is 19.3 Å². The largest absolute Gasteiger partial charge is 0.369 e. The van der Waals surface area contributed by atoms with Crippen molar-refractivity contribution >= 4 is 23.2 Å². The van der Waals surface area contributed by atoms with Gasteiger partial charge in [0, 0.05) is 69.8 Å². The molecule has 2 aliphatic heterocycles.